The highest BCUT2D eigenvalue weighted by Gasteiger charge is 2.22. The second-order valence-electron chi connectivity index (χ2n) is 6.73. The molecule has 2 amide bonds. The zero-order valence-corrected chi connectivity index (χ0v) is 18.3. The number of benzene rings is 3. The minimum absolute atomic E-state index is 0.0712. The van der Waals surface area contributed by atoms with Crippen molar-refractivity contribution in [1.29, 1.82) is 0 Å². The van der Waals surface area contributed by atoms with E-state index < -0.39 is 22.1 Å². The topological polar surface area (TPSA) is 111 Å². The molecule has 0 saturated heterocycles. The van der Waals surface area contributed by atoms with E-state index in [9.17, 15) is 18.0 Å². The van der Waals surface area contributed by atoms with Crippen LogP contribution in [0.2, 0.25) is 0 Å². The summed E-state index contributed by atoms with van der Waals surface area (Å²) >= 11 is 0. The van der Waals surface area contributed by atoms with Crippen LogP contribution in [0.4, 0.5) is 16.2 Å². The van der Waals surface area contributed by atoms with Crippen LogP contribution in [0.25, 0.3) is 0 Å². The van der Waals surface area contributed by atoms with E-state index in [-0.39, 0.29) is 28.5 Å². The van der Waals surface area contributed by atoms with Crippen LogP contribution in [-0.4, -0.2) is 27.0 Å². The molecule has 0 unspecified atom stereocenters. The minimum atomic E-state index is -4.23. The number of ether oxygens (including phenoxy) is 1. The maximum absolute atomic E-state index is 12.7. The van der Waals surface area contributed by atoms with Crippen LogP contribution < -0.4 is 14.8 Å². The molecule has 0 saturated carbocycles. The van der Waals surface area contributed by atoms with Crippen LogP contribution >= 0.6 is 0 Å². The van der Waals surface area contributed by atoms with E-state index in [0.717, 1.165) is 5.56 Å². The van der Waals surface area contributed by atoms with Crippen molar-refractivity contribution in [3.8, 4) is 5.75 Å². The lowest BCUT2D eigenvalue weighted by Crippen LogP contribution is -2.20. The fourth-order valence-electron chi connectivity index (χ4n) is 2.73. The Kier molecular flexibility index (Phi) is 7.11. The first-order chi connectivity index (χ1) is 15.3. The quantitative estimate of drug-likeness (QED) is 0.399. The molecule has 0 fully saturated rings. The van der Waals surface area contributed by atoms with Crippen molar-refractivity contribution in [2.45, 2.75) is 18.7 Å². The number of para-hydroxylation sites is 1. The Morgan fingerprint density at radius 2 is 1.53 bits per heavy atom. The monoisotopic (exact) mass is 454 g/mol. The summed E-state index contributed by atoms with van der Waals surface area (Å²) in [5, 5.41) is 5.23. The number of esters is 1. The van der Waals surface area contributed by atoms with Crippen molar-refractivity contribution in [3.63, 3.8) is 0 Å². The van der Waals surface area contributed by atoms with Crippen molar-refractivity contribution in [1.82, 2.24) is 0 Å². The average molecular weight is 455 g/mol. The normalized spacial score (nSPS) is 10.8. The number of amides is 2. The molecule has 0 aliphatic heterocycles. The Morgan fingerprint density at radius 1 is 0.875 bits per heavy atom. The summed E-state index contributed by atoms with van der Waals surface area (Å²) in [5.41, 5.74) is 1.59. The minimum Gasteiger partial charge on any atom is -0.462 e. The zero-order chi connectivity index (χ0) is 23.1. The summed E-state index contributed by atoms with van der Waals surface area (Å²) < 4.78 is 35.8. The molecular weight excluding hydrogens is 432 g/mol. The lowest BCUT2D eigenvalue weighted by Gasteiger charge is -2.14. The van der Waals surface area contributed by atoms with Crippen molar-refractivity contribution in [2.24, 2.45) is 0 Å². The molecule has 9 heteroatoms. The van der Waals surface area contributed by atoms with E-state index in [1.54, 1.807) is 43.3 Å². The SMILES string of the molecule is CCOC(=O)c1ccc(NC(=O)Nc2ccccc2)cc1OS(=O)(=O)c1ccc(C)cc1. The number of aryl methyl sites for hydroxylation is 1. The number of carbonyl (C=O) groups excluding carboxylic acids is 2. The third-order valence-corrected chi connectivity index (χ3v) is 5.52. The van der Waals surface area contributed by atoms with Gasteiger partial charge in [-0.3, -0.25) is 0 Å². The van der Waals surface area contributed by atoms with Crippen LogP contribution in [0.1, 0.15) is 22.8 Å². The molecule has 3 aromatic rings. The molecule has 0 aliphatic carbocycles. The molecule has 0 aromatic heterocycles. The number of hydrogen-bond donors (Lipinski definition) is 2. The van der Waals surface area contributed by atoms with Gasteiger partial charge in [0.25, 0.3) is 0 Å². The lowest BCUT2D eigenvalue weighted by molar-refractivity contribution is 0.0524. The predicted octanol–water partition coefficient (Wildman–Crippen LogP) is 4.58. The Morgan fingerprint density at radius 3 is 2.19 bits per heavy atom. The fraction of sp³-hybridized carbons (Fsp3) is 0.130. The smallest absolute Gasteiger partial charge is 0.341 e. The number of urea groups is 1. The summed E-state index contributed by atoms with van der Waals surface area (Å²) in [6.45, 7) is 3.56. The molecule has 0 spiro atoms. The van der Waals surface area contributed by atoms with E-state index >= 15 is 0 Å². The van der Waals surface area contributed by atoms with E-state index in [0.29, 0.717) is 5.69 Å². The van der Waals surface area contributed by atoms with Gasteiger partial charge >= 0.3 is 22.1 Å². The van der Waals surface area contributed by atoms with Gasteiger partial charge in [0, 0.05) is 17.4 Å². The maximum atomic E-state index is 12.7. The second kappa shape index (κ2) is 9.97. The highest BCUT2D eigenvalue weighted by Crippen LogP contribution is 2.28. The van der Waals surface area contributed by atoms with E-state index in [1.807, 2.05) is 13.0 Å². The van der Waals surface area contributed by atoms with Gasteiger partial charge in [0.2, 0.25) is 0 Å². The van der Waals surface area contributed by atoms with Crippen molar-refractivity contribution in [2.75, 3.05) is 17.2 Å². The lowest BCUT2D eigenvalue weighted by atomic mass is 10.2. The summed E-state index contributed by atoms with van der Waals surface area (Å²) in [4.78, 5) is 24.5. The molecule has 8 nitrogen and oxygen atoms in total. The van der Waals surface area contributed by atoms with Crippen molar-refractivity contribution >= 4 is 33.5 Å². The summed E-state index contributed by atoms with van der Waals surface area (Å²) in [7, 11) is -4.23. The van der Waals surface area contributed by atoms with E-state index in [2.05, 4.69) is 10.6 Å². The Hall–Kier alpha value is -3.85. The van der Waals surface area contributed by atoms with Gasteiger partial charge in [0.15, 0.2) is 5.75 Å². The van der Waals surface area contributed by atoms with Gasteiger partial charge < -0.3 is 19.6 Å². The number of carbonyl (C=O) groups is 2. The van der Waals surface area contributed by atoms with Gasteiger partial charge in [-0.25, -0.2) is 9.59 Å². The molecule has 0 aliphatic rings. The standard InChI is InChI=1S/C23H22N2O6S/c1-3-30-22(26)20-14-11-18(25-23(27)24-17-7-5-4-6-8-17)15-21(20)31-32(28,29)19-12-9-16(2)10-13-19/h4-15H,3H2,1-2H3,(H2,24,25,27). The summed E-state index contributed by atoms with van der Waals surface area (Å²) in [6.07, 6.45) is 0. The molecule has 3 rings (SSSR count). The Labute approximate surface area is 186 Å². The predicted molar refractivity (Wildman–Crippen MR) is 120 cm³/mol. The first kappa shape index (κ1) is 22.8. The number of rotatable bonds is 7. The van der Waals surface area contributed by atoms with Crippen molar-refractivity contribution < 1.29 is 26.9 Å². The highest BCUT2D eigenvalue weighted by atomic mass is 32.2. The largest absolute Gasteiger partial charge is 0.462 e. The molecule has 0 bridgehead atoms. The molecule has 2 N–H and O–H groups in total. The summed E-state index contributed by atoms with van der Waals surface area (Å²) in [5.74, 6) is -1.01. The van der Waals surface area contributed by atoms with Crippen molar-refractivity contribution in [3.05, 3.63) is 83.9 Å². The average Bonchev–Trinajstić information content (AvgIpc) is 2.74. The first-order valence-corrected chi connectivity index (χ1v) is 11.1. The van der Waals surface area contributed by atoms with Gasteiger partial charge in [0.05, 0.1) is 6.61 Å². The molecular formula is C23H22N2O6S. The Balaban J connectivity index is 1.88. The molecule has 32 heavy (non-hydrogen) atoms. The third-order valence-electron chi connectivity index (χ3n) is 4.28. The van der Waals surface area contributed by atoms with Gasteiger partial charge in [-0.1, -0.05) is 35.9 Å². The van der Waals surface area contributed by atoms with E-state index in [1.165, 1.54) is 30.3 Å². The van der Waals surface area contributed by atoms with Gasteiger partial charge in [0.1, 0.15) is 10.5 Å². The molecule has 0 atom stereocenters. The molecule has 166 valence electrons. The molecule has 3 aromatic carbocycles. The fourth-order valence-corrected chi connectivity index (χ4v) is 3.67. The number of nitrogens with one attached hydrogen (secondary N) is 2. The third kappa shape index (κ3) is 5.86. The molecule has 0 radical (unpaired) electrons. The van der Waals surface area contributed by atoms with Crippen LogP contribution in [-0.2, 0) is 14.9 Å². The number of hydrogen-bond acceptors (Lipinski definition) is 6. The highest BCUT2D eigenvalue weighted by molar-refractivity contribution is 7.87. The van der Waals surface area contributed by atoms with Gasteiger partial charge in [-0.15, -0.1) is 0 Å². The van der Waals surface area contributed by atoms with Gasteiger partial charge in [-0.05, 0) is 50.2 Å². The second-order valence-corrected chi connectivity index (χ2v) is 8.27. The molecule has 0 heterocycles. The summed E-state index contributed by atoms with van der Waals surface area (Å²) in [6, 6.07) is 18.3. The van der Waals surface area contributed by atoms with E-state index in [4.69, 9.17) is 8.92 Å². The van der Waals surface area contributed by atoms with Crippen LogP contribution in [0.5, 0.6) is 5.75 Å². The van der Waals surface area contributed by atoms with Crippen LogP contribution in [0.3, 0.4) is 0 Å². The first-order valence-electron chi connectivity index (χ1n) is 9.74. The Bertz CT molecular complexity index is 1210. The maximum Gasteiger partial charge on any atom is 0.341 e. The van der Waals surface area contributed by atoms with Gasteiger partial charge in [-0.2, -0.15) is 8.42 Å². The number of anilines is 2. The van der Waals surface area contributed by atoms with Crippen LogP contribution in [0.15, 0.2) is 77.7 Å². The van der Waals surface area contributed by atoms with Crippen LogP contribution in [0, 0.1) is 6.92 Å². The zero-order valence-electron chi connectivity index (χ0n) is 17.5.